The van der Waals surface area contributed by atoms with Crippen molar-refractivity contribution in [3.8, 4) is 0 Å². The minimum absolute atomic E-state index is 0.250. The Kier molecular flexibility index (Phi) is 5.61. The Hall–Kier alpha value is -0.730. The van der Waals surface area contributed by atoms with Crippen LogP contribution in [0.25, 0.3) is 10.4 Å². The second-order valence-corrected chi connectivity index (χ2v) is 2.54. The van der Waals surface area contributed by atoms with Gasteiger partial charge in [-0.1, -0.05) is 25.4 Å². The summed E-state index contributed by atoms with van der Waals surface area (Å²) >= 11 is 0. The Morgan fingerprint density at radius 3 is 2.55 bits per heavy atom. The van der Waals surface area contributed by atoms with E-state index in [0.29, 0.717) is 12.8 Å². The molecular formula is C7H15N3O. The molecular weight excluding hydrogens is 142 g/mol. The lowest BCUT2D eigenvalue weighted by molar-refractivity contribution is 0.132. The standard InChI is InChI=1S/C7H15N3O/c1-3-5-7(11)6(4-2)9-10-8/h6-7,11H,3-5H2,1-2H3. The highest BCUT2D eigenvalue weighted by Gasteiger charge is 2.13. The first-order valence-electron chi connectivity index (χ1n) is 3.98. The van der Waals surface area contributed by atoms with E-state index in [-0.39, 0.29) is 6.04 Å². The second kappa shape index (κ2) is 6.01. The molecule has 0 radical (unpaired) electrons. The predicted molar refractivity (Wildman–Crippen MR) is 44.1 cm³/mol. The van der Waals surface area contributed by atoms with Gasteiger partial charge in [0.2, 0.25) is 0 Å². The first kappa shape index (κ1) is 10.3. The van der Waals surface area contributed by atoms with E-state index in [1.807, 2.05) is 13.8 Å². The first-order chi connectivity index (χ1) is 5.26. The monoisotopic (exact) mass is 157 g/mol. The van der Waals surface area contributed by atoms with Gasteiger partial charge in [-0.3, -0.25) is 0 Å². The quantitative estimate of drug-likeness (QED) is 0.371. The van der Waals surface area contributed by atoms with Gasteiger partial charge in [-0.05, 0) is 18.4 Å². The fraction of sp³-hybridized carbons (Fsp3) is 1.00. The Bertz CT molecular complexity index is 143. The van der Waals surface area contributed by atoms with Crippen molar-refractivity contribution in [3.63, 3.8) is 0 Å². The van der Waals surface area contributed by atoms with E-state index >= 15 is 0 Å². The van der Waals surface area contributed by atoms with Gasteiger partial charge >= 0.3 is 0 Å². The van der Waals surface area contributed by atoms with Gasteiger partial charge in [0.05, 0.1) is 12.1 Å². The van der Waals surface area contributed by atoms with Crippen LogP contribution < -0.4 is 0 Å². The molecule has 1 N–H and O–H groups in total. The van der Waals surface area contributed by atoms with Crippen molar-refractivity contribution in [1.29, 1.82) is 0 Å². The molecule has 2 unspecified atom stereocenters. The SMILES string of the molecule is CCCC(O)C(CC)N=[N+]=[N-]. The Labute approximate surface area is 66.9 Å². The lowest BCUT2D eigenvalue weighted by atomic mass is 10.1. The maximum Gasteiger partial charge on any atom is 0.0631 e. The van der Waals surface area contributed by atoms with Crippen molar-refractivity contribution in [2.45, 2.75) is 45.3 Å². The molecule has 64 valence electrons. The summed E-state index contributed by atoms with van der Waals surface area (Å²) in [5, 5.41) is 12.9. The zero-order valence-electron chi connectivity index (χ0n) is 7.06. The molecule has 0 saturated heterocycles. The summed E-state index contributed by atoms with van der Waals surface area (Å²) in [4.78, 5) is 2.68. The molecule has 2 atom stereocenters. The Balaban J connectivity index is 3.90. The van der Waals surface area contributed by atoms with Crippen molar-refractivity contribution in [3.05, 3.63) is 10.4 Å². The first-order valence-corrected chi connectivity index (χ1v) is 3.98. The minimum Gasteiger partial charge on any atom is -0.393 e. The maximum atomic E-state index is 9.38. The summed E-state index contributed by atoms with van der Waals surface area (Å²) in [5.41, 5.74) is 8.13. The molecule has 0 spiro atoms. The van der Waals surface area contributed by atoms with Crippen LogP contribution in [-0.2, 0) is 0 Å². The lowest BCUT2D eigenvalue weighted by Crippen LogP contribution is -2.22. The summed E-state index contributed by atoms with van der Waals surface area (Å²) in [5.74, 6) is 0. The summed E-state index contributed by atoms with van der Waals surface area (Å²) in [6.45, 7) is 3.89. The van der Waals surface area contributed by atoms with Gasteiger partial charge in [0.1, 0.15) is 0 Å². The molecule has 0 aromatic heterocycles. The number of rotatable bonds is 5. The normalized spacial score (nSPS) is 15.2. The predicted octanol–water partition coefficient (Wildman–Crippen LogP) is 2.24. The molecule has 0 saturated carbocycles. The van der Waals surface area contributed by atoms with Crippen LogP contribution in [0.15, 0.2) is 5.11 Å². The fourth-order valence-electron chi connectivity index (χ4n) is 0.985. The molecule has 0 fully saturated rings. The number of aliphatic hydroxyl groups excluding tert-OH is 1. The van der Waals surface area contributed by atoms with Gasteiger partial charge in [0.25, 0.3) is 0 Å². The van der Waals surface area contributed by atoms with Crippen LogP contribution >= 0.6 is 0 Å². The topological polar surface area (TPSA) is 69.0 Å². The van der Waals surface area contributed by atoms with E-state index in [0.717, 1.165) is 6.42 Å². The van der Waals surface area contributed by atoms with E-state index in [2.05, 4.69) is 10.0 Å². The molecule has 11 heavy (non-hydrogen) atoms. The van der Waals surface area contributed by atoms with Gasteiger partial charge in [-0.2, -0.15) is 0 Å². The van der Waals surface area contributed by atoms with Crippen molar-refractivity contribution in [2.24, 2.45) is 5.11 Å². The van der Waals surface area contributed by atoms with E-state index in [1.165, 1.54) is 0 Å². The lowest BCUT2D eigenvalue weighted by Gasteiger charge is -2.14. The Morgan fingerprint density at radius 2 is 2.18 bits per heavy atom. The Morgan fingerprint density at radius 1 is 1.55 bits per heavy atom. The van der Waals surface area contributed by atoms with E-state index < -0.39 is 6.10 Å². The molecule has 0 aromatic rings. The van der Waals surface area contributed by atoms with E-state index in [1.54, 1.807) is 0 Å². The summed E-state index contributed by atoms with van der Waals surface area (Å²) < 4.78 is 0. The van der Waals surface area contributed by atoms with Crippen LogP contribution in [0.2, 0.25) is 0 Å². The molecule has 0 aromatic carbocycles. The van der Waals surface area contributed by atoms with Gasteiger partial charge < -0.3 is 5.11 Å². The number of aliphatic hydroxyl groups is 1. The average molecular weight is 157 g/mol. The number of nitrogens with zero attached hydrogens (tertiary/aromatic N) is 3. The third-order valence-electron chi connectivity index (χ3n) is 1.65. The molecule has 0 aliphatic heterocycles. The highest BCUT2D eigenvalue weighted by atomic mass is 16.3. The number of azide groups is 1. The van der Waals surface area contributed by atoms with Crippen LogP contribution in [-0.4, -0.2) is 17.3 Å². The highest BCUT2D eigenvalue weighted by molar-refractivity contribution is 4.73. The molecule has 4 heteroatoms. The van der Waals surface area contributed by atoms with Crippen LogP contribution in [0.4, 0.5) is 0 Å². The van der Waals surface area contributed by atoms with Gasteiger partial charge in [0, 0.05) is 4.91 Å². The molecule has 0 rings (SSSR count). The second-order valence-electron chi connectivity index (χ2n) is 2.54. The zero-order valence-corrected chi connectivity index (χ0v) is 7.06. The fourth-order valence-corrected chi connectivity index (χ4v) is 0.985. The van der Waals surface area contributed by atoms with Crippen LogP contribution in [0, 0.1) is 0 Å². The summed E-state index contributed by atoms with van der Waals surface area (Å²) in [6.07, 6.45) is 1.85. The average Bonchev–Trinajstić information content (AvgIpc) is 2.00. The smallest absolute Gasteiger partial charge is 0.0631 e. The minimum atomic E-state index is -0.471. The van der Waals surface area contributed by atoms with Gasteiger partial charge in [-0.25, -0.2) is 0 Å². The highest BCUT2D eigenvalue weighted by Crippen LogP contribution is 2.09. The van der Waals surface area contributed by atoms with Crippen molar-refractivity contribution >= 4 is 0 Å². The van der Waals surface area contributed by atoms with Crippen LogP contribution in [0.5, 0.6) is 0 Å². The van der Waals surface area contributed by atoms with Crippen molar-refractivity contribution in [1.82, 2.24) is 0 Å². The third kappa shape index (κ3) is 3.86. The van der Waals surface area contributed by atoms with Crippen LogP contribution in [0.3, 0.4) is 0 Å². The van der Waals surface area contributed by atoms with E-state index in [4.69, 9.17) is 5.53 Å². The summed E-state index contributed by atoms with van der Waals surface area (Å²) in [7, 11) is 0. The summed E-state index contributed by atoms with van der Waals surface area (Å²) in [6, 6.07) is -0.250. The maximum absolute atomic E-state index is 9.38. The van der Waals surface area contributed by atoms with Crippen molar-refractivity contribution in [2.75, 3.05) is 0 Å². The van der Waals surface area contributed by atoms with E-state index in [9.17, 15) is 5.11 Å². The number of hydrogen-bond donors (Lipinski definition) is 1. The number of hydrogen-bond acceptors (Lipinski definition) is 2. The molecule has 4 nitrogen and oxygen atoms in total. The van der Waals surface area contributed by atoms with Crippen LogP contribution in [0.1, 0.15) is 33.1 Å². The molecule has 0 aliphatic rings. The molecule has 0 amide bonds. The third-order valence-corrected chi connectivity index (χ3v) is 1.65. The molecule has 0 aliphatic carbocycles. The zero-order chi connectivity index (χ0) is 8.69. The largest absolute Gasteiger partial charge is 0.393 e. The van der Waals surface area contributed by atoms with Gasteiger partial charge in [0.15, 0.2) is 0 Å². The molecule has 0 bridgehead atoms. The molecule has 0 heterocycles. The van der Waals surface area contributed by atoms with Gasteiger partial charge in [-0.15, -0.1) is 0 Å². The van der Waals surface area contributed by atoms with Crippen molar-refractivity contribution < 1.29 is 5.11 Å².